The summed E-state index contributed by atoms with van der Waals surface area (Å²) in [6.07, 6.45) is 1.04. The minimum Gasteiger partial charge on any atom is -0.478 e. The Morgan fingerprint density at radius 2 is 1.80 bits per heavy atom. The molecule has 3 aromatic rings. The van der Waals surface area contributed by atoms with Crippen LogP contribution in [0, 0.1) is 0 Å². The molecule has 0 aliphatic carbocycles. The fourth-order valence-electron chi connectivity index (χ4n) is 2.14. The highest BCUT2D eigenvalue weighted by Gasteiger charge is 2.07. The van der Waals surface area contributed by atoms with Crippen LogP contribution in [0.5, 0.6) is 5.88 Å². The number of imidazole rings is 1. The molecule has 0 saturated heterocycles. The van der Waals surface area contributed by atoms with Crippen molar-refractivity contribution in [2.75, 3.05) is 6.61 Å². The predicted octanol–water partition coefficient (Wildman–Crippen LogP) is 3.59. The molecule has 0 bridgehead atoms. The fourth-order valence-corrected chi connectivity index (χ4v) is 2.14. The lowest BCUT2D eigenvalue weighted by molar-refractivity contribution is 0.328. The van der Waals surface area contributed by atoms with E-state index in [4.69, 9.17) is 4.74 Å². The van der Waals surface area contributed by atoms with Gasteiger partial charge in [0, 0.05) is 11.6 Å². The third kappa shape index (κ3) is 2.37. The van der Waals surface area contributed by atoms with Gasteiger partial charge in [0.2, 0.25) is 5.88 Å². The first kappa shape index (κ1) is 12.7. The quantitative estimate of drug-likeness (QED) is 0.786. The van der Waals surface area contributed by atoms with Crippen LogP contribution >= 0.6 is 0 Å². The highest BCUT2D eigenvalue weighted by Crippen LogP contribution is 2.21. The third-order valence-electron chi connectivity index (χ3n) is 3.25. The Balaban J connectivity index is 1.98. The molecular formula is C16H17N3O. The molecule has 4 nitrogen and oxygen atoms in total. The summed E-state index contributed by atoms with van der Waals surface area (Å²) >= 11 is 0. The number of nitrogens with zero attached hydrogens (tertiary/aromatic N) is 2. The number of fused-ring (bicyclic) bond motifs is 1. The highest BCUT2D eigenvalue weighted by atomic mass is 16.5. The summed E-state index contributed by atoms with van der Waals surface area (Å²) in [7, 11) is 0. The Labute approximate surface area is 117 Å². The van der Waals surface area contributed by atoms with E-state index in [1.54, 1.807) is 0 Å². The van der Waals surface area contributed by atoms with Crippen molar-refractivity contribution in [3.05, 3.63) is 42.0 Å². The standard InChI is InChI=1S/C16H17N3O/c1-3-11-5-7-12(8-6-11)15-17-13-9-10-14(20-4-2)18-16(13)19-15/h5-10H,3-4H2,1-2H3,(H,17,18,19). The molecule has 0 unspecified atom stereocenters. The second kappa shape index (κ2) is 5.33. The first-order valence-electron chi connectivity index (χ1n) is 6.89. The molecule has 0 atom stereocenters. The van der Waals surface area contributed by atoms with Gasteiger partial charge in [0.15, 0.2) is 5.65 Å². The Bertz CT molecular complexity index is 716. The van der Waals surface area contributed by atoms with Crippen LogP contribution in [-0.4, -0.2) is 21.6 Å². The molecule has 1 N–H and O–H groups in total. The average molecular weight is 267 g/mol. The van der Waals surface area contributed by atoms with E-state index in [0.717, 1.165) is 23.3 Å². The van der Waals surface area contributed by atoms with Crippen molar-refractivity contribution in [3.63, 3.8) is 0 Å². The van der Waals surface area contributed by atoms with Crippen molar-refractivity contribution < 1.29 is 4.74 Å². The third-order valence-corrected chi connectivity index (χ3v) is 3.25. The second-order valence-electron chi connectivity index (χ2n) is 4.59. The number of hydrogen-bond donors (Lipinski definition) is 1. The molecule has 2 aromatic heterocycles. The molecule has 3 rings (SSSR count). The van der Waals surface area contributed by atoms with Crippen molar-refractivity contribution in [3.8, 4) is 17.3 Å². The number of H-pyrrole nitrogens is 1. The molecule has 0 amide bonds. The number of hydrogen-bond acceptors (Lipinski definition) is 3. The Morgan fingerprint density at radius 1 is 1.00 bits per heavy atom. The van der Waals surface area contributed by atoms with E-state index in [0.29, 0.717) is 18.1 Å². The Morgan fingerprint density at radius 3 is 2.50 bits per heavy atom. The van der Waals surface area contributed by atoms with Crippen LogP contribution in [0.15, 0.2) is 36.4 Å². The molecule has 0 radical (unpaired) electrons. The summed E-state index contributed by atoms with van der Waals surface area (Å²) in [5.74, 6) is 1.45. The maximum atomic E-state index is 5.39. The van der Waals surface area contributed by atoms with Crippen molar-refractivity contribution in [2.45, 2.75) is 20.3 Å². The number of benzene rings is 1. The molecule has 0 saturated carbocycles. The van der Waals surface area contributed by atoms with Crippen molar-refractivity contribution in [1.82, 2.24) is 15.0 Å². The van der Waals surface area contributed by atoms with Gasteiger partial charge in [-0.15, -0.1) is 0 Å². The van der Waals surface area contributed by atoms with E-state index < -0.39 is 0 Å². The van der Waals surface area contributed by atoms with Crippen LogP contribution in [0.25, 0.3) is 22.6 Å². The van der Waals surface area contributed by atoms with Crippen molar-refractivity contribution >= 4 is 11.2 Å². The monoisotopic (exact) mass is 267 g/mol. The van der Waals surface area contributed by atoms with Gasteiger partial charge in [-0.05, 0) is 25.0 Å². The molecule has 4 heteroatoms. The minimum atomic E-state index is 0.605. The number of pyridine rings is 1. The number of ether oxygens (including phenoxy) is 1. The van der Waals surface area contributed by atoms with Crippen LogP contribution < -0.4 is 4.74 Å². The van der Waals surface area contributed by atoms with E-state index >= 15 is 0 Å². The normalized spacial score (nSPS) is 10.9. The SMILES string of the molecule is CCOc1ccc2[nH]c(-c3ccc(CC)cc3)nc2n1. The highest BCUT2D eigenvalue weighted by molar-refractivity contribution is 5.76. The molecule has 0 aliphatic heterocycles. The van der Waals surface area contributed by atoms with Gasteiger partial charge in [0.05, 0.1) is 12.1 Å². The molecule has 1 aromatic carbocycles. The number of rotatable bonds is 4. The molecule has 0 spiro atoms. The molecule has 2 heterocycles. The lowest BCUT2D eigenvalue weighted by Gasteiger charge is -1.99. The molecular weight excluding hydrogens is 250 g/mol. The smallest absolute Gasteiger partial charge is 0.215 e. The van der Waals surface area contributed by atoms with Gasteiger partial charge in [-0.3, -0.25) is 0 Å². The van der Waals surface area contributed by atoms with Gasteiger partial charge >= 0.3 is 0 Å². The predicted molar refractivity (Wildman–Crippen MR) is 79.9 cm³/mol. The summed E-state index contributed by atoms with van der Waals surface area (Å²) in [4.78, 5) is 12.2. The van der Waals surface area contributed by atoms with Crippen molar-refractivity contribution in [2.24, 2.45) is 0 Å². The van der Waals surface area contributed by atoms with Gasteiger partial charge in [-0.1, -0.05) is 31.2 Å². The van der Waals surface area contributed by atoms with Crippen LogP contribution in [0.3, 0.4) is 0 Å². The first-order chi connectivity index (χ1) is 9.80. The van der Waals surface area contributed by atoms with Crippen LogP contribution in [0.1, 0.15) is 19.4 Å². The molecule has 102 valence electrons. The van der Waals surface area contributed by atoms with Gasteiger partial charge in [0.25, 0.3) is 0 Å². The summed E-state index contributed by atoms with van der Waals surface area (Å²) < 4.78 is 5.39. The summed E-state index contributed by atoms with van der Waals surface area (Å²) in [6.45, 7) is 4.70. The first-order valence-corrected chi connectivity index (χ1v) is 6.89. The zero-order valence-electron chi connectivity index (χ0n) is 11.7. The fraction of sp³-hybridized carbons (Fsp3) is 0.250. The van der Waals surface area contributed by atoms with Gasteiger partial charge in [-0.25, -0.2) is 4.98 Å². The number of aromatic nitrogens is 3. The summed E-state index contributed by atoms with van der Waals surface area (Å²) in [6, 6.07) is 12.2. The van der Waals surface area contributed by atoms with E-state index in [2.05, 4.69) is 46.1 Å². The van der Waals surface area contributed by atoms with E-state index in [-0.39, 0.29) is 0 Å². The molecule has 0 fully saturated rings. The topological polar surface area (TPSA) is 50.8 Å². The second-order valence-corrected chi connectivity index (χ2v) is 4.59. The van der Waals surface area contributed by atoms with E-state index in [9.17, 15) is 0 Å². The zero-order chi connectivity index (χ0) is 13.9. The number of nitrogens with one attached hydrogen (secondary N) is 1. The molecule has 0 aliphatic rings. The largest absolute Gasteiger partial charge is 0.478 e. The average Bonchev–Trinajstić information content (AvgIpc) is 2.91. The summed E-state index contributed by atoms with van der Waals surface area (Å²) in [5, 5.41) is 0. The van der Waals surface area contributed by atoms with E-state index in [1.165, 1.54) is 5.56 Å². The number of aryl methyl sites for hydroxylation is 1. The minimum absolute atomic E-state index is 0.605. The lowest BCUT2D eigenvalue weighted by Crippen LogP contribution is -1.93. The maximum Gasteiger partial charge on any atom is 0.215 e. The summed E-state index contributed by atoms with van der Waals surface area (Å²) in [5.41, 5.74) is 3.99. The van der Waals surface area contributed by atoms with Crippen LogP contribution in [-0.2, 0) is 6.42 Å². The van der Waals surface area contributed by atoms with Gasteiger partial charge in [0.1, 0.15) is 5.82 Å². The van der Waals surface area contributed by atoms with Crippen LogP contribution in [0.4, 0.5) is 0 Å². The number of aromatic amines is 1. The zero-order valence-corrected chi connectivity index (χ0v) is 11.7. The van der Waals surface area contributed by atoms with Gasteiger partial charge < -0.3 is 9.72 Å². The maximum absolute atomic E-state index is 5.39. The van der Waals surface area contributed by atoms with Crippen molar-refractivity contribution in [1.29, 1.82) is 0 Å². The Hall–Kier alpha value is -2.36. The van der Waals surface area contributed by atoms with Crippen LogP contribution in [0.2, 0.25) is 0 Å². The Kier molecular flexibility index (Phi) is 3.37. The lowest BCUT2D eigenvalue weighted by atomic mass is 10.1. The van der Waals surface area contributed by atoms with Gasteiger partial charge in [-0.2, -0.15) is 4.98 Å². The van der Waals surface area contributed by atoms with E-state index in [1.807, 2.05) is 19.1 Å². The molecule has 20 heavy (non-hydrogen) atoms.